The van der Waals surface area contributed by atoms with Crippen LogP contribution in [0.3, 0.4) is 0 Å². The van der Waals surface area contributed by atoms with Crippen molar-refractivity contribution in [2.45, 2.75) is 49.5 Å². The number of nitriles is 1. The van der Waals surface area contributed by atoms with E-state index in [4.69, 9.17) is 0 Å². The van der Waals surface area contributed by atoms with E-state index in [2.05, 4.69) is 19.9 Å². The number of alkyl halides is 2. The fourth-order valence-corrected chi connectivity index (χ4v) is 7.13. The van der Waals surface area contributed by atoms with Gasteiger partial charge < -0.3 is 4.90 Å². The smallest absolute Gasteiger partial charge is 0.291 e. The third-order valence-corrected chi connectivity index (χ3v) is 9.68. The van der Waals surface area contributed by atoms with Crippen LogP contribution < -0.4 is 4.72 Å². The minimum absolute atomic E-state index is 0.0188. The molecule has 0 radical (unpaired) electrons. The lowest BCUT2D eigenvalue weighted by atomic mass is 9.76. The Balaban J connectivity index is 1.44. The summed E-state index contributed by atoms with van der Waals surface area (Å²) in [5, 5.41) is 16.6. The van der Waals surface area contributed by atoms with E-state index >= 15 is 0 Å². The molecule has 3 aliphatic rings. The van der Waals surface area contributed by atoms with Crippen molar-refractivity contribution in [3.8, 4) is 16.8 Å². The number of allylic oxidation sites excluding steroid dienone is 2. The SMILES string of the molecule is CC(=O)N1CC2(CC=C(c3cc(S(=O)(=O)NC4(C#N)CC4)cn4c(-c5nnc(C(F)F)s5)cnc34)C2)C1. The van der Waals surface area contributed by atoms with Gasteiger partial charge in [0.05, 0.1) is 17.2 Å². The average Bonchev–Trinajstić information content (AvgIpc) is 3.23. The van der Waals surface area contributed by atoms with E-state index in [-0.39, 0.29) is 21.2 Å². The van der Waals surface area contributed by atoms with Gasteiger partial charge in [-0.2, -0.15) is 9.98 Å². The van der Waals surface area contributed by atoms with Gasteiger partial charge in [0.2, 0.25) is 15.9 Å². The number of rotatable bonds is 6. The van der Waals surface area contributed by atoms with Crippen molar-refractivity contribution in [3.05, 3.63) is 35.1 Å². The number of sulfonamides is 1. The van der Waals surface area contributed by atoms with Crippen molar-refractivity contribution >= 4 is 38.5 Å². The van der Waals surface area contributed by atoms with E-state index in [0.717, 1.165) is 12.0 Å². The number of hydrogen-bond acceptors (Lipinski definition) is 8. The summed E-state index contributed by atoms with van der Waals surface area (Å²) in [5.74, 6) is 0.0188. The molecule has 4 heterocycles. The maximum absolute atomic E-state index is 13.3. The van der Waals surface area contributed by atoms with Gasteiger partial charge in [0.25, 0.3) is 6.43 Å². The van der Waals surface area contributed by atoms with Crippen molar-refractivity contribution in [2.75, 3.05) is 13.1 Å². The highest BCUT2D eigenvalue weighted by Gasteiger charge is 2.48. The zero-order chi connectivity index (χ0) is 26.2. The summed E-state index contributed by atoms with van der Waals surface area (Å²) in [6.45, 7) is 2.79. The molecule has 1 saturated heterocycles. The summed E-state index contributed by atoms with van der Waals surface area (Å²) in [6, 6.07) is 3.57. The van der Waals surface area contributed by atoms with Crippen LogP contribution in [-0.4, -0.2) is 57.4 Å². The second kappa shape index (κ2) is 8.11. The monoisotopic (exact) mass is 545 g/mol. The second-order valence-electron chi connectivity index (χ2n) is 9.96. The van der Waals surface area contributed by atoms with Gasteiger partial charge >= 0.3 is 0 Å². The van der Waals surface area contributed by atoms with E-state index in [1.807, 2.05) is 12.1 Å². The molecule has 14 heteroatoms. The molecule has 6 rings (SSSR count). The molecule has 1 amide bonds. The van der Waals surface area contributed by atoms with Crippen molar-refractivity contribution in [3.63, 3.8) is 0 Å². The highest BCUT2D eigenvalue weighted by Crippen LogP contribution is 2.49. The van der Waals surface area contributed by atoms with E-state index in [1.54, 1.807) is 11.0 Å². The molecule has 3 aromatic rings. The lowest BCUT2D eigenvalue weighted by Crippen LogP contribution is -2.56. The largest absolute Gasteiger partial charge is 0.342 e. The Morgan fingerprint density at radius 1 is 1.30 bits per heavy atom. The van der Waals surface area contributed by atoms with E-state index in [9.17, 15) is 27.3 Å². The highest BCUT2D eigenvalue weighted by atomic mass is 32.2. The number of fused-ring (bicyclic) bond motifs is 1. The maximum atomic E-state index is 13.3. The number of nitrogens with zero attached hydrogens (tertiary/aromatic N) is 6. The fourth-order valence-electron chi connectivity index (χ4n) is 5.03. The van der Waals surface area contributed by atoms with E-state index < -0.39 is 27.0 Å². The number of carbonyl (C=O) groups excluding carboxylic acids is 1. The topological polar surface area (TPSA) is 133 Å². The summed E-state index contributed by atoms with van der Waals surface area (Å²) in [7, 11) is -4.09. The number of hydrogen-bond donors (Lipinski definition) is 1. The zero-order valence-electron chi connectivity index (χ0n) is 19.6. The van der Waals surface area contributed by atoms with Gasteiger partial charge in [-0.1, -0.05) is 17.4 Å². The number of nitrogens with one attached hydrogen (secondary N) is 1. The molecule has 10 nitrogen and oxygen atoms in total. The predicted molar refractivity (Wildman–Crippen MR) is 129 cm³/mol. The third-order valence-electron chi connectivity index (χ3n) is 7.22. The van der Waals surface area contributed by atoms with Crippen molar-refractivity contribution in [2.24, 2.45) is 5.41 Å². The molecule has 1 saturated carbocycles. The van der Waals surface area contributed by atoms with Crippen LogP contribution in [0.2, 0.25) is 0 Å². The molecule has 1 spiro atoms. The fraction of sp³-hybridized carbons (Fsp3) is 0.435. The highest BCUT2D eigenvalue weighted by molar-refractivity contribution is 7.89. The molecule has 2 aliphatic carbocycles. The molecule has 1 N–H and O–H groups in total. The van der Waals surface area contributed by atoms with Gasteiger partial charge in [0.1, 0.15) is 16.9 Å². The Kier molecular flexibility index (Phi) is 5.28. The second-order valence-corrected chi connectivity index (χ2v) is 12.6. The van der Waals surface area contributed by atoms with Crippen molar-refractivity contribution in [1.82, 2.24) is 29.2 Å². The first kappa shape index (κ1) is 24.1. The summed E-state index contributed by atoms with van der Waals surface area (Å²) in [4.78, 5) is 17.9. The van der Waals surface area contributed by atoms with E-state index in [1.165, 1.54) is 23.7 Å². The van der Waals surface area contributed by atoms with Crippen LogP contribution >= 0.6 is 11.3 Å². The molecule has 0 atom stereocenters. The average molecular weight is 546 g/mol. The number of imidazole rings is 1. The number of halogens is 2. The molecule has 0 unspecified atom stereocenters. The first-order chi connectivity index (χ1) is 17.5. The molecular weight excluding hydrogens is 524 g/mol. The van der Waals surface area contributed by atoms with E-state index in [0.29, 0.717) is 60.6 Å². The number of carbonyl (C=O) groups is 1. The lowest BCUT2D eigenvalue weighted by molar-refractivity contribution is -0.140. The van der Waals surface area contributed by atoms with Gasteiger partial charge in [-0.15, -0.1) is 10.2 Å². The maximum Gasteiger partial charge on any atom is 0.291 e. The molecular formula is C23H21F2N7O3S2. The Morgan fingerprint density at radius 3 is 2.68 bits per heavy atom. The summed E-state index contributed by atoms with van der Waals surface area (Å²) >= 11 is 0.711. The molecule has 37 heavy (non-hydrogen) atoms. The predicted octanol–water partition coefficient (Wildman–Crippen LogP) is 3.15. The summed E-state index contributed by atoms with van der Waals surface area (Å²) < 4.78 is 57.0. The molecule has 2 fully saturated rings. The van der Waals surface area contributed by atoms with Crippen molar-refractivity contribution < 1.29 is 22.0 Å². The standard InChI is InChI=1S/C23H21F2N7O3S2/c1-13(33)31-11-22(12-31)3-2-14(7-22)16-6-15(37(34,35)30-23(10-26)4-5-23)9-32-17(8-27-19(16)32)20-28-29-21(36-20)18(24)25/h2,6,8-9,18,30H,3-5,7,11-12H2,1H3. The molecule has 1 aliphatic heterocycles. The van der Waals surface area contributed by atoms with Crippen LogP contribution in [0.1, 0.15) is 49.6 Å². The Labute approximate surface area is 214 Å². The molecule has 3 aromatic heterocycles. The van der Waals surface area contributed by atoms with Gasteiger partial charge in [-0.25, -0.2) is 22.2 Å². The molecule has 0 aromatic carbocycles. The number of pyridine rings is 1. The van der Waals surface area contributed by atoms with Crippen LogP contribution in [0.5, 0.6) is 0 Å². The van der Waals surface area contributed by atoms with Gasteiger partial charge in [-0.05, 0) is 37.3 Å². The van der Waals surface area contributed by atoms with Crippen LogP contribution in [0.4, 0.5) is 8.78 Å². The van der Waals surface area contributed by atoms with Crippen LogP contribution in [0, 0.1) is 16.7 Å². The van der Waals surface area contributed by atoms with Crippen LogP contribution in [-0.2, 0) is 14.8 Å². The van der Waals surface area contributed by atoms with Gasteiger partial charge in [0, 0.05) is 37.2 Å². The molecule has 0 bridgehead atoms. The zero-order valence-corrected chi connectivity index (χ0v) is 21.2. The number of likely N-dealkylation sites (tertiary alicyclic amines) is 1. The van der Waals surface area contributed by atoms with Gasteiger partial charge in [-0.3, -0.25) is 9.20 Å². The normalized spacial score (nSPS) is 19.8. The van der Waals surface area contributed by atoms with Gasteiger partial charge in [0.15, 0.2) is 10.0 Å². The Bertz CT molecular complexity index is 1630. The minimum atomic E-state index is -4.09. The molecule has 192 valence electrons. The minimum Gasteiger partial charge on any atom is -0.342 e. The summed E-state index contributed by atoms with van der Waals surface area (Å²) in [6.07, 6.45) is 4.33. The number of amides is 1. The quantitative estimate of drug-likeness (QED) is 0.503. The Hall–Kier alpha value is -3.28. The van der Waals surface area contributed by atoms with Crippen molar-refractivity contribution in [1.29, 1.82) is 5.26 Å². The first-order valence-corrected chi connectivity index (χ1v) is 13.9. The number of aromatic nitrogens is 4. The Morgan fingerprint density at radius 2 is 2.05 bits per heavy atom. The van der Waals surface area contributed by atoms with Crippen LogP contribution in [0.25, 0.3) is 21.9 Å². The van der Waals surface area contributed by atoms with Crippen LogP contribution in [0.15, 0.2) is 29.4 Å². The first-order valence-electron chi connectivity index (χ1n) is 11.6. The summed E-state index contributed by atoms with van der Waals surface area (Å²) in [5.41, 5.74) is 1.07. The third kappa shape index (κ3) is 4.01. The lowest BCUT2D eigenvalue weighted by Gasteiger charge is -2.48.